The van der Waals surface area contributed by atoms with Gasteiger partial charge in [-0.3, -0.25) is 4.79 Å². The van der Waals surface area contributed by atoms with Crippen LogP contribution in [-0.2, 0) is 11.2 Å². The van der Waals surface area contributed by atoms with Crippen molar-refractivity contribution in [3.63, 3.8) is 0 Å². The zero-order valence-electron chi connectivity index (χ0n) is 17.1. The van der Waals surface area contributed by atoms with Gasteiger partial charge < -0.3 is 14.7 Å². The molecule has 1 aromatic heterocycles. The molecule has 150 valence electrons. The van der Waals surface area contributed by atoms with Crippen molar-refractivity contribution in [1.29, 1.82) is 0 Å². The average molecular weight is 400 g/mol. The largest absolute Gasteiger partial charge is 0.331 e. The van der Waals surface area contributed by atoms with Crippen LogP contribution in [0.4, 0.5) is 4.79 Å². The molecule has 3 rings (SSSR count). The van der Waals surface area contributed by atoms with E-state index in [1.54, 1.807) is 30.3 Å². The minimum Gasteiger partial charge on any atom is -0.331 e. The number of urea groups is 1. The van der Waals surface area contributed by atoms with Crippen molar-refractivity contribution in [3.8, 4) is 0 Å². The van der Waals surface area contributed by atoms with Crippen LogP contribution < -0.4 is 0 Å². The minimum absolute atomic E-state index is 0.00810. The Kier molecular flexibility index (Phi) is 6.39. The molecule has 1 unspecified atom stereocenters. The lowest BCUT2D eigenvalue weighted by atomic mass is 9.90. The smallest absolute Gasteiger partial charge is 0.319 e. The number of rotatable bonds is 5. The number of carbonyl (C=O) groups is 2. The molecule has 0 saturated carbocycles. The molecule has 0 spiro atoms. The number of thiophene rings is 1. The average Bonchev–Trinajstić information content (AvgIpc) is 3.15. The second-order valence-electron chi connectivity index (χ2n) is 7.49. The van der Waals surface area contributed by atoms with E-state index in [4.69, 9.17) is 0 Å². The molecule has 1 aliphatic heterocycles. The molecule has 1 atom stereocenters. The zero-order valence-corrected chi connectivity index (χ0v) is 18.0. The highest BCUT2D eigenvalue weighted by molar-refractivity contribution is 7.10. The Bertz CT molecular complexity index is 846. The van der Waals surface area contributed by atoms with Gasteiger partial charge in [-0.05, 0) is 47.9 Å². The van der Waals surface area contributed by atoms with Crippen molar-refractivity contribution >= 4 is 23.3 Å². The summed E-state index contributed by atoms with van der Waals surface area (Å²) in [5, 5.41) is 2.11. The lowest BCUT2D eigenvalue weighted by Crippen LogP contribution is -2.49. The van der Waals surface area contributed by atoms with Crippen LogP contribution >= 0.6 is 11.3 Å². The van der Waals surface area contributed by atoms with E-state index in [0.29, 0.717) is 13.1 Å². The second kappa shape index (κ2) is 8.78. The third-order valence-corrected chi connectivity index (χ3v) is 6.24. The summed E-state index contributed by atoms with van der Waals surface area (Å²) in [6.07, 6.45) is 1.69. The van der Waals surface area contributed by atoms with Crippen LogP contribution in [0.1, 0.15) is 41.0 Å². The number of aryl methyl sites for hydroxylation is 1. The van der Waals surface area contributed by atoms with Crippen molar-refractivity contribution in [2.75, 3.05) is 33.7 Å². The second-order valence-corrected chi connectivity index (χ2v) is 8.49. The van der Waals surface area contributed by atoms with E-state index in [0.717, 1.165) is 18.4 Å². The number of fused-ring (bicyclic) bond motifs is 1. The van der Waals surface area contributed by atoms with Crippen LogP contribution in [0.3, 0.4) is 0 Å². The van der Waals surface area contributed by atoms with Crippen molar-refractivity contribution in [3.05, 3.63) is 57.3 Å². The van der Waals surface area contributed by atoms with Gasteiger partial charge in [0.2, 0.25) is 5.91 Å². The quantitative estimate of drug-likeness (QED) is 0.765. The lowest BCUT2D eigenvalue weighted by Gasteiger charge is -2.38. The summed E-state index contributed by atoms with van der Waals surface area (Å²) in [6.45, 7) is 5.50. The summed E-state index contributed by atoms with van der Waals surface area (Å²) >= 11 is 1.77. The van der Waals surface area contributed by atoms with E-state index in [1.807, 2.05) is 24.0 Å². The first-order valence-electron chi connectivity index (χ1n) is 9.81. The normalized spacial score (nSPS) is 15.9. The predicted octanol–water partition coefficient (Wildman–Crippen LogP) is 3.92. The molecule has 6 heteroatoms. The van der Waals surface area contributed by atoms with Crippen LogP contribution in [0.25, 0.3) is 0 Å². The highest BCUT2D eigenvalue weighted by Crippen LogP contribution is 2.38. The Balaban J connectivity index is 1.92. The number of hydrogen-bond acceptors (Lipinski definition) is 3. The topological polar surface area (TPSA) is 43.9 Å². The summed E-state index contributed by atoms with van der Waals surface area (Å²) in [4.78, 5) is 32.4. The fourth-order valence-electron chi connectivity index (χ4n) is 3.86. The standard InChI is InChI=1S/C22H29N3O2S/c1-5-12-24(22(27)23(3)4)15-20(26)25-13-10-19-18(11-14-28-19)21(25)17-9-7-6-8-16(17)2/h6-9,11,14,21H,5,10,12-13,15H2,1-4H3. The summed E-state index contributed by atoms with van der Waals surface area (Å²) < 4.78 is 0. The van der Waals surface area contributed by atoms with Gasteiger partial charge in [0.15, 0.2) is 0 Å². The molecule has 2 heterocycles. The maximum absolute atomic E-state index is 13.4. The van der Waals surface area contributed by atoms with Crippen molar-refractivity contribution < 1.29 is 9.59 Å². The Morgan fingerprint density at radius 2 is 1.93 bits per heavy atom. The molecule has 0 fully saturated rings. The lowest BCUT2D eigenvalue weighted by molar-refractivity contribution is -0.134. The maximum atomic E-state index is 13.4. The number of carbonyl (C=O) groups excluding carboxylic acids is 2. The molecule has 0 bridgehead atoms. The van der Waals surface area contributed by atoms with Gasteiger partial charge in [0.1, 0.15) is 6.54 Å². The van der Waals surface area contributed by atoms with Gasteiger partial charge in [0, 0.05) is 32.1 Å². The molecule has 2 aromatic rings. The Labute approximate surface area is 171 Å². The maximum Gasteiger partial charge on any atom is 0.319 e. The summed E-state index contributed by atoms with van der Waals surface area (Å²) in [5.41, 5.74) is 3.56. The zero-order chi connectivity index (χ0) is 20.3. The van der Waals surface area contributed by atoms with E-state index in [-0.39, 0.29) is 24.5 Å². The molecule has 3 amide bonds. The summed E-state index contributed by atoms with van der Waals surface area (Å²) in [7, 11) is 3.45. The molecule has 0 saturated heterocycles. The summed E-state index contributed by atoms with van der Waals surface area (Å²) in [5.74, 6) is 0.00810. The first kappa shape index (κ1) is 20.4. The highest BCUT2D eigenvalue weighted by atomic mass is 32.1. The van der Waals surface area contributed by atoms with Gasteiger partial charge in [0.05, 0.1) is 6.04 Å². The Morgan fingerprint density at radius 3 is 2.61 bits per heavy atom. The molecule has 1 aliphatic rings. The van der Waals surface area contributed by atoms with E-state index in [9.17, 15) is 9.59 Å². The fraction of sp³-hybridized carbons (Fsp3) is 0.455. The van der Waals surface area contributed by atoms with E-state index in [1.165, 1.54) is 20.9 Å². The SMILES string of the molecule is CCCN(CC(=O)N1CCc2sccc2C1c1ccccc1C)C(=O)N(C)C. The molecule has 1 aromatic carbocycles. The number of amides is 3. The summed E-state index contributed by atoms with van der Waals surface area (Å²) in [6, 6.07) is 10.2. The predicted molar refractivity (Wildman–Crippen MR) is 114 cm³/mol. The first-order chi connectivity index (χ1) is 13.4. The minimum atomic E-state index is -0.115. The van der Waals surface area contributed by atoms with Crippen molar-refractivity contribution in [2.45, 2.75) is 32.7 Å². The Hall–Kier alpha value is -2.34. The molecule has 5 nitrogen and oxygen atoms in total. The van der Waals surface area contributed by atoms with Gasteiger partial charge in [-0.2, -0.15) is 0 Å². The third kappa shape index (κ3) is 4.07. The van der Waals surface area contributed by atoms with Crippen LogP contribution in [-0.4, -0.2) is 60.4 Å². The molecule has 28 heavy (non-hydrogen) atoms. The first-order valence-corrected chi connectivity index (χ1v) is 10.7. The number of benzene rings is 1. The fourth-order valence-corrected chi connectivity index (χ4v) is 4.77. The van der Waals surface area contributed by atoms with Gasteiger partial charge >= 0.3 is 6.03 Å². The number of nitrogens with zero attached hydrogens (tertiary/aromatic N) is 3. The van der Waals surface area contributed by atoms with Gasteiger partial charge in [-0.15, -0.1) is 11.3 Å². The highest BCUT2D eigenvalue weighted by Gasteiger charge is 2.34. The monoisotopic (exact) mass is 399 g/mol. The molecule has 0 N–H and O–H groups in total. The third-order valence-electron chi connectivity index (χ3n) is 5.24. The van der Waals surface area contributed by atoms with E-state index < -0.39 is 0 Å². The Morgan fingerprint density at radius 1 is 1.18 bits per heavy atom. The van der Waals surface area contributed by atoms with E-state index >= 15 is 0 Å². The van der Waals surface area contributed by atoms with Crippen LogP contribution in [0.15, 0.2) is 35.7 Å². The van der Waals surface area contributed by atoms with Gasteiger partial charge in [0.25, 0.3) is 0 Å². The number of hydrogen-bond donors (Lipinski definition) is 0. The van der Waals surface area contributed by atoms with E-state index in [2.05, 4.69) is 30.5 Å². The van der Waals surface area contributed by atoms with Crippen LogP contribution in [0.5, 0.6) is 0 Å². The van der Waals surface area contributed by atoms with Crippen LogP contribution in [0.2, 0.25) is 0 Å². The van der Waals surface area contributed by atoms with Crippen molar-refractivity contribution in [1.82, 2.24) is 14.7 Å². The van der Waals surface area contributed by atoms with Gasteiger partial charge in [-0.25, -0.2) is 4.79 Å². The van der Waals surface area contributed by atoms with Gasteiger partial charge in [-0.1, -0.05) is 31.2 Å². The molecule has 0 aliphatic carbocycles. The molecular formula is C22H29N3O2S. The van der Waals surface area contributed by atoms with Crippen molar-refractivity contribution in [2.24, 2.45) is 0 Å². The molecular weight excluding hydrogens is 370 g/mol. The molecule has 0 radical (unpaired) electrons. The van der Waals surface area contributed by atoms with Crippen LogP contribution in [0, 0.1) is 6.92 Å².